The molecule has 2 aromatic rings. The molecule has 7 heteroatoms. The molecule has 0 aliphatic carbocycles. The summed E-state index contributed by atoms with van der Waals surface area (Å²) in [6.45, 7) is 3.72. The smallest absolute Gasteiger partial charge is 0.303 e. The van der Waals surface area contributed by atoms with Crippen LogP contribution in [-0.4, -0.2) is 39.6 Å². The number of carbonyl (C=O) groups is 1. The molecule has 0 spiro atoms. The lowest BCUT2D eigenvalue weighted by molar-refractivity contribution is -0.137. The maximum Gasteiger partial charge on any atom is 0.303 e. The Balaban J connectivity index is 2.01. The fourth-order valence-corrected chi connectivity index (χ4v) is 2.39. The largest absolute Gasteiger partial charge is 0.494 e. The molecular formula is C20H27N3O4. The molecule has 0 radical (unpaired) electrons. The Kier molecular flexibility index (Phi) is 8.89. The van der Waals surface area contributed by atoms with E-state index in [2.05, 4.69) is 17.1 Å². The number of imidazole rings is 1. The van der Waals surface area contributed by atoms with E-state index >= 15 is 0 Å². The molecule has 1 aromatic carbocycles. The number of aliphatic carboxylic acids is 1. The van der Waals surface area contributed by atoms with E-state index in [-0.39, 0.29) is 6.42 Å². The maximum absolute atomic E-state index is 10.5. The van der Waals surface area contributed by atoms with Gasteiger partial charge in [0.05, 0.1) is 19.5 Å². The first-order chi connectivity index (χ1) is 13.2. The molecule has 7 nitrogen and oxygen atoms in total. The van der Waals surface area contributed by atoms with E-state index < -0.39 is 5.97 Å². The topological polar surface area (TPSA) is 85.9 Å². The number of rotatable bonds is 13. The molecule has 0 aliphatic heterocycles. The van der Waals surface area contributed by atoms with Gasteiger partial charge in [0.2, 0.25) is 0 Å². The van der Waals surface area contributed by atoms with Crippen LogP contribution in [0.25, 0.3) is 0 Å². The van der Waals surface area contributed by atoms with Gasteiger partial charge in [0.25, 0.3) is 0 Å². The quantitative estimate of drug-likeness (QED) is 0.328. The molecule has 0 atom stereocenters. The Bertz CT molecular complexity index is 714. The predicted molar refractivity (Wildman–Crippen MR) is 103 cm³/mol. The zero-order valence-electron chi connectivity index (χ0n) is 15.7. The average Bonchev–Trinajstić information content (AvgIpc) is 3.17. The summed E-state index contributed by atoms with van der Waals surface area (Å²) in [7, 11) is 0. The minimum atomic E-state index is -0.792. The number of carboxylic acids is 1. The van der Waals surface area contributed by atoms with Gasteiger partial charge < -0.3 is 19.2 Å². The second-order valence-corrected chi connectivity index (χ2v) is 6.19. The molecule has 0 unspecified atom stereocenters. The Morgan fingerprint density at radius 3 is 2.89 bits per heavy atom. The van der Waals surface area contributed by atoms with Gasteiger partial charge in [0, 0.05) is 24.4 Å². The van der Waals surface area contributed by atoms with Crippen molar-refractivity contribution in [2.45, 2.75) is 45.6 Å². The molecular weight excluding hydrogens is 346 g/mol. The van der Waals surface area contributed by atoms with Crippen molar-refractivity contribution in [2.75, 3.05) is 13.2 Å². The number of oxime groups is 1. The van der Waals surface area contributed by atoms with Crippen LogP contribution in [0, 0.1) is 0 Å². The highest BCUT2D eigenvalue weighted by molar-refractivity contribution is 6.00. The highest BCUT2D eigenvalue weighted by atomic mass is 16.6. The molecule has 0 bridgehead atoms. The normalized spacial score (nSPS) is 11.4. The first-order valence-corrected chi connectivity index (χ1v) is 9.28. The number of nitrogens with zero attached hydrogens (tertiary/aromatic N) is 3. The summed E-state index contributed by atoms with van der Waals surface area (Å²) < 4.78 is 7.70. The van der Waals surface area contributed by atoms with Crippen LogP contribution < -0.4 is 4.74 Å². The van der Waals surface area contributed by atoms with Crippen LogP contribution in [0.4, 0.5) is 0 Å². The van der Waals surface area contributed by atoms with Crippen molar-refractivity contribution < 1.29 is 19.5 Å². The molecule has 1 aromatic heterocycles. The third-order valence-corrected chi connectivity index (χ3v) is 3.88. The predicted octanol–water partition coefficient (Wildman–Crippen LogP) is 3.74. The van der Waals surface area contributed by atoms with E-state index in [4.69, 9.17) is 14.7 Å². The van der Waals surface area contributed by atoms with Crippen LogP contribution in [0.2, 0.25) is 0 Å². The molecule has 146 valence electrons. The van der Waals surface area contributed by atoms with Crippen LogP contribution in [0.3, 0.4) is 0 Å². The molecule has 0 saturated carbocycles. The van der Waals surface area contributed by atoms with Gasteiger partial charge >= 0.3 is 5.97 Å². The molecule has 0 saturated heterocycles. The van der Waals surface area contributed by atoms with E-state index in [1.807, 2.05) is 35.0 Å². The number of carboxylic acid groups (broad SMARTS) is 1. The Morgan fingerprint density at radius 2 is 2.15 bits per heavy atom. The van der Waals surface area contributed by atoms with Crippen molar-refractivity contribution in [3.05, 3.63) is 48.5 Å². The van der Waals surface area contributed by atoms with Gasteiger partial charge in [-0.3, -0.25) is 4.79 Å². The first-order valence-electron chi connectivity index (χ1n) is 9.28. The van der Waals surface area contributed by atoms with Crippen molar-refractivity contribution in [1.29, 1.82) is 0 Å². The van der Waals surface area contributed by atoms with Gasteiger partial charge in [0.1, 0.15) is 18.1 Å². The van der Waals surface area contributed by atoms with Crippen LogP contribution in [-0.2, 0) is 16.2 Å². The summed E-state index contributed by atoms with van der Waals surface area (Å²) >= 11 is 0. The number of hydrogen-bond acceptors (Lipinski definition) is 5. The second kappa shape index (κ2) is 11.7. The highest BCUT2D eigenvalue weighted by Gasteiger charge is 2.08. The van der Waals surface area contributed by atoms with Crippen LogP contribution in [0.5, 0.6) is 5.75 Å². The van der Waals surface area contributed by atoms with Crippen molar-refractivity contribution in [2.24, 2.45) is 5.16 Å². The number of unbranched alkanes of at least 4 members (excludes halogenated alkanes) is 2. The van der Waals surface area contributed by atoms with E-state index in [1.54, 1.807) is 12.5 Å². The molecule has 0 fully saturated rings. The molecule has 0 amide bonds. The van der Waals surface area contributed by atoms with Crippen LogP contribution in [0.1, 0.15) is 44.6 Å². The van der Waals surface area contributed by atoms with Crippen LogP contribution >= 0.6 is 0 Å². The average molecular weight is 373 g/mol. The van der Waals surface area contributed by atoms with Gasteiger partial charge in [-0.2, -0.15) is 0 Å². The monoisotopic (exact) mass is 373 g/mol. The van der Waals surface area contributed by atoms with Crippen molar-refractivity contribution in [1.82, 2.24) is 9.55 Å². The molecule has 2 rings (SSSR count). The maximum atomic E-state index is 10.5. The third kappa shape index (κ3) is 7.94. The van der Waals surface area contributed by atoms with E-state index in [0.717, 1.165) is 29.9 Å². The van der Waals surface area contributed by atoms with Gasteiger partial charge in [-0.25, -0.2) is 4.98 Å². The number of ether oxygens (including phenoxy) is 1. The van der Waals surface area contributed by atoms with Gasteiger partial charge in [0.15, 0.2) is 0 Å². The SMILES string of the molecule is CCCCOc1cccc(C(Cn2ccnc2)=NOCCCCC(=O)O)c1. The molecule has 1 heterocycles. The summed E-state index contributed by atoms with van der Waals surface area (Å²) in [6.07, 6.45) is 8.77. The summed E-state index contributed by atoms with van der Waals surface area (Å²) in [4.78, 5) is 20.0. The van der Waals surface area contributed by atoms with E-state index in [1.165, 1.54) is 0 Å². The fourth-order valence-electron chi connectivity index (χ4n) is 2.39. The summed E-state index contributed by atoms with van der Waals surface area (Å²) in [5, 5.41) is 13.0. The number of benzene rings is 1. The van der Waals surface area contributed by atoms with Gasteiger partial charge in [-0.05, 0) is 31.4 Å². The van der Waals surface area contributed by atoms with Crippen LogP contribution in [0.15, 0.2) is 48.1 Å². The molecule has 1 N–H and O–H groups in total. The number of aromatic nitrogens is 2. The third-order valence-electron chi connectivity index (χ3n) is 3.88. The minimum absolute atomic E-state index is 0.145. The Hall–Kier alpha value is -2.83. The van der Waals surface area contributed by atoms with Gasteiger partial charge in [-0.15, -0.1) is 0 Å². The lowest BCUT2D eigenvalue weighted by Crippen LogP contribution is -2.12. The van der Waals surface area contributed by atoms with E-state index in [0.29, 0.717) is 32.6 Å². The molecule has 0 aliphatic rings. The Labute approximate surface area is 159 Å². The zero-order valence-corrected chi connectivity index (χ0v) is 15.7. The summed E-state index contributed by atoms with van der Waals surface area (Å²) in [6, 6.07) is 7.79. The first kappa shape index (κ1) is 20.5. The lowest BCUT2D eigenvalue weighted by Gasteiger charge is -2.11. The standard InChI is InChI=1S/C20H27N3O4/c1-2-3-12-26-18-8-6-7-17(14-18)19(15-23-11-10-21-16-23)22-27-13-5-4-9-20(24)25/h6-8,10-11,14,16H,2-5,9,12-13,15H2,1H3,(H,24,25). The number of hydrogen-bond donors (Lipinski definition) is 1. The summed E-state index contributed by atoms with van der Waals surface area (Å²) in [5.41, 5.74) is 1.68. The van der Waals surface area contributed by atoms with E-state index in [9.17, 15) is 4.79 Å². The minimum Gasteiger partial charge on any atom is -0.494 e. The highest BCUT2D eigenvalue weighted by Crippen LogP contribution is 2.16. The molecule has 27 heavy (non-hydrogen) atoms. The second-order valence-electron chi connectivity index (χ2n) is 6.19. The van der Waals surface area contributed by atoms with Crippen molar-refractivity contribution in [3.63, 3.8) is 0 Å². The lowest BCUT2D eigenvalue weighted by atomic mass is 10.1. The van der Waals surface area contributed by atoms with Crippen molar-refractivity contribution in [3.8, 4) is 5.75 Å². The zero-order chi connectivity index (χ0) is 19.3. The van der Waals surface area contributed by atoms with Crippen molar-refractivity contribution >= 4 is 11.7 Å². The summed E-state index contributed by atoms with van der Waals surface area (Å²) in [5.74, 6) is 0.0138. The van der Waals surface area contributed by atoms with Gasteiger partial charge in [-0.1, -0.05) is 30.6 Å². The Morgan fingerprint density at radius 1 is 1.26 bits per heavy atom. The fraction of sp³-hybridized carbons (Fsp3) is 0.450.